The van der Waals surface area contributed by atoms with Crippen LogP contribution in [0.1, 0.15) is 30.4 Å². The van der Waals surface area contributed by atoms with Gasteiger partial charge in [0.15, 0.2) is 6.61 Å². The minimum absolute atomic E-state index is 0.0243. The van der Waals surface area contributed by atoms with Crippen molar-refractivity contribution in [3.8, 4) is 5.75 Å². The maximum absolute atomic E-state index is 12.3. The number of aliphatic hydroxyl groups excluding tert-OH is 1. The van der Waals surface area contributed by atoms with Gasteiger partial charge in [0.2, 0.25) is 0 Å². The molecule has 120 valence electrons. The number of hydrogen-bond donors (Lipinski definition) is 2. The number of ether oxygens (including phenoxy) is 1. The van der Waals surface area contributed by atoms with E-state index in [0.29, 0.717) is 5.75 Å². The van der Waals surface area contributed by atoms with E-state index >= 15 is 0 Å². The van der Waals surface area contributed by atoms with Crippen molar-refractivity contribution < 1.29 is 14.6 Å². The molecule has 1 fully saturated rings. The van der Waals surface area contributed by atoms with Crippen molar-refractivity contribution in [1.82, 2.24) is 5.32 Å². The van der Waals surface area contributed by atoms with Crippen LogP contribution < -0.4 is 10.1 Å². The predicted octanol–water partition coefficient (Wildman–Crippen LogP) is 2.75. The Balaban J connectivity index is 1.60. The third kappa shape index (κ3) is 3.54. The number of carbonyl (C=O) groups is 1. The quantitative estimate of drug-likeness (QED) is 0.862. The molecule has 0 aliphatic heterocycles. The summed E-state index contributed by atoms with van der Waals surface area (Å²) in [4.78, 5) is 12.3. The van der Waals surface area contributed by atoms with Crippen molar-refractivity contribution in [2.24, 2.45) is 0 Å². The van der Waals surface area contributed by atoms with E-state index in [2.05, 4.69) is 17.4 Å². The van der Waals surface area contributed by atoms with Gasteiger partial charge in [0, 0.05) is 0 Å². The van der Waals surface area contributed by atoms with Crippen LogP contribution >= 0.6 is 0 Å². The van der Waals surface area contributed by atoms with Crippen LogP contribution in [-0.2, 0) is 16.9 Å². The summed E-state index contributed by atoms with van der Waals surface area (Å²) in [6, 6.07) is 17.2. The fourth-order valence-corrected chi connectivity index (χ4v) is 2.96. The second kappa shape index (κ2) is 6.84. The highest BCUT2D eigenvalue weighted by Crippen LogP contribution is 2.41. The van der Waals surface area contributed by atoms with Crippen molar-refractivity contribution in [3.63, 3.8) is 0 Å². The molecule has 1 aliphatic carbocycles. The van der Waals surface area contributed by atoms with Gasteiger partial charge >= 0.3 is 0 Å². The molecule has 4 heteroatoms. The summed E-state index contributed by atoms with van der Waals surface area (Å²) in [5.41, 5.74) is 1.68. The van der Waals surface area contributed by atoms with Crippen LogP contribution in [0.25, 0.3) is 0 Å². The average Bonchev–Trinajstić information content (AvgIpc) is 2.57. The number of amides is 1. The van der Waals surface area contributed by atoms with Crippen molar-refractivity contribution in [2.45, 2.75) is 31.4 Å². The fraction of sp³-hybridized carbons (Fsp3) is 0.316. The summed E-state index contributed by atoms with van der Waals surface area (Å²) >= 11 is 0. The molecule has 3 rings (SSSR count). The fourth-order valence-electron chi connectivity index (χ4n) is 2.96. The van der Waals surface area contributed by atoms with E-state index in [1.165, 1.54) is 0 Å². The van der Waals surface area contributed by atoms with Gasteiger partial charge in [-0.3, -0.25) is 4.79 Å². The molecule has 2 N–H and O–H groups in total. The molecular formula is C19H21NO3. The van der Waals surface area contributed by atoms with Crippen molar-refractivity contribution in [3.05, 3.63) is 65.7 Å². The van der Waals surface area contributed by atoms with Gasteiger partial charge in [-0.2, -0.15) is 0 Å². The highest BCUT2D eigenvalue weighted by molar-refractivity contribution is 5.78. The molecule has 23 heavy (non-hydrogen) atoms. The van der Waals surface area contributed by atoms with Crippen LogP contribution in [0, 0.1) is 0 Å². The SMILES string of the molecule is O=C(COc1cccc(CO)c1)NC1(c2ccccc2)CCC1. The van der Waals surface area contributed by atoms with Crippen LogP contribution in [0.2, 0.25) is 0 Å². The molecule has 2 aromatic carbocycles. The first-order valence-electron chi connectivity index (χ1n) is 7.91. The van der Waals surface area contributed by atoms with Gasteiger partial charge in [-0.05, 0) is 42.5 Å². The summed E-state index contributed by atoms with van der Waals surface area (Å²) in [5.74, 6) is 0.469. The molecule has 2 aromatic rings. The second-order valence-corrected chi connectivity index (χ2v) is 5.94. The average molecular weight is 311 g/mol. The van der Waals surface area contributed by atoms with Crippen LogP contribution in [0.3, 0.4) is 0 Å². The zero-order valence-corrected chi connectivity index (χ0v) is 13.0. The molecule has 0 atom stereocenters. The van der Waals surface area contributed by atoms with Gasteiger partial charge < -0.3 is 15.2 Å². The van der Waals surface area contributed by atoms with E-state index in [4.69, 9.17) is 9.84 Å². The Morgan fingerprint density at radius 3 is 2.57 bits per heavy atom. The maximum atomic E-state index is 12.3. The Bertz CT molecular complexity index is 665. The molecule has 0 bridgehead atoms. The van der Waals surface area contributed by atoms with Crippen molar-refractivity contribution >= 4 is 5.91 Å². The second-order valence-electron chi connectivity index (χ2n) is 5.94. The number of rotatable bonds is 6. The summed E-state index contributed by atoms with van der Waals surface area (Å²) in [5, 5.41) is 12.3. The van der Waals surface area contributed by atoms with Gasteiger partial charge in [0.25, 0.3) is 5.91 Å². The van der Waals surface area contributed by atoms with E-state index < -0.39 is 0 Å². The minimum Gasteiger partial charge on any atom is -0.484 e. The summed E-state index contributed by atoms with van der Waals surface area (Å²) < 4.78 is 5.54. The van der Waals surface area contributed by atoms with Gasteiger partial charge in [-0.15, -0.1) is 0 Å². The normalized spacial score (nSPS) is 15.5. The lowest BCUT2D eigenvalue weighted by atomic mass is 9.72. The first-order chi connectivity index (χ1) is 11.2. The zero-order chi connectivity index (χ0) is 16.1. The monoisotopic (exact) mass is 311 g/mol. The molecule has 0 heterocycles. The number of carbonyl (C=O) groups excluding carboxylic acids is 1. The van der Waals surface area contributed by atoms with Crippen molar-refractivity contribution in [2.75, 3.05) is 6.61 Å². The number of benzene rings is 2. The first-order valence-corrected chi connectivity index (χ1v) is 7.91. The standard InChI is InChI=1S/C19H21NO3/c21-13-15-6-4-9-17(12-15)23-14-18(22)20-19(10-5-11-19)16-7-2-1-3-8-16/h1-4,6-9,12,21H,5,10-11,13-14H2,(H,20,22). The van der Waals surface area contributed by atoms with E-state index in [1.807, 2.05) is 24.3 Å². The van der Waals surface area contributed by atoms with E-state index in [9.17, 15) is 4.79 Å². The molecule has 1 amide bonds. The smallest absolute Gasteiger partial charge is 0.258 e. The lowest BCUT2D eigenvalue weighted by Gasteiger charge is -2.43. The molecule has 0 radical (unpaired) electrons. The molecule has 0 unspecified atom stereocenters. The Morgan fingerprint density at radius 1 is 1.13 bits per heavy atom. The van der Waals surface area contributed by atoms with Crippen LogP contribution in [0.4, 0.5) is 0 Å². The third-order valence-corrected chi connectivity index (χ3v) is 4.36. The van der Waals surface area contributed by atoms with Crippen LogP contribution in [0.15, 0.2) is 54.6 Å². The highest BCUT2D eigenvalue weighted by atomic mass is 16.5. The Morgan fingerprint density at radius 2 is 1.91 bits per heavy atom. The van der Waals surface area contributed by atoms with E-state index in [1.54, 1.807) is 18.2 Å². The molecule has 0 saturated heterocycles. The Labute approximate surface area is 136 Å². The van der Waals surface area contributed by atoms with Gasteiger partial charge in [0.05, 0.1) is 12.1 Å². The Kier molecular flexibility index (Phi) is 4.63. The highest BCUT2D eigenvalue weighted by Gasteiger charge is 2.39. The molecule has 1 saturated carbocycles. The van der Waals surface area contributed by atoms with Gasteiger partial charge in [-0.25, -0.2) is 0 Å². The van der Waals surface area contributed by atoms with Gasteiger partial charge in [-0.1, -0.05) is 42.5 Å². The summed E-state index contributed by atoms with van der Waals surface area (Å²) in [7, 11) is 0. The predicted molar refractivity (Wildman–Crippen MR) is 88.0 cm³/mol. The molecule has 1 aliphatic rings. The minimum atomic E-state index is -0.241. The molecular weight excluding hydrogens is 290 g/mol. The maximum Gasteiger partial charge on any atom is 0.258 e. The van der Waals surface area contributed by atoms with Crippen molar-refractivity contribution in [1.29, 1.82) is 0 Å². The van der Waals surface area contributed by atoms with Crippen LogP contribution in [-0.4, -0.2) is 17.6 Å². The lowest BCUT2D eigenvalue weighted by molar-refractivity contribution is -0.126. The number of hydrogen-bond acceptors (Lipinski definition) is 3. The zero-order valence-electron chi connectivity index (χ0n) is 13.0. The summed E-state index contributed by atoms with van der Waals surface area (Å²) in [6.07, 6.45) is 3.04. The number of nitrogens with one attached hydrogen (secondary N) is 1. The largest absolute Gasteiger partial charge is 0.484 e. The van der Waals surface area contributed by atoms with E-state index in [0.717, 1.165) is 30.4 Å². The van der Waals surface area contributed by atoms with Crippen LogP contribution in [0.5, 0.6) is 5.75 Å². The lowest BCUT2D eigenvalue weighted by Crippen LogP contribution is -2.52. The molecule has 0 aromatic heterocycles. The number of aliphatic hydroxyl groups is 1. The van der Waals surface area contributed by atoms with Gasteiger partial charge in [0.1, 0.15) is 5.75 Å². The molecule has 4 nitrogen and oxygen atoms in total. The third-order valence-electron chi connectivity index (χ3n) is 4.36. The Hall–Kier alpha value is -2.33. The topological polar surface area (TPSA) is 58.6 Å². The first kappa shape index (κ1) is 15.6. The van der Waals surface area contributed by atoms with E-state index in [-0.39, 0.29) is 24.7 Å². The molecule has 0 spiro atoms. The summed E-state index contributed by atoms with van der Waals surface area (Å²) in [6.45, 7) is -0.0655.